The van der Waals surface area contributed by atoms with Gasteiger partial charge in [-0.25, -0.2) is 0 Å². The average molecular weight is 240 g/mol. The highest BCUT2D eigenvalue weighted by Gasteiger charge is 2.34. The van der Waals surface area contributed by atoms with Crippen LogP contribution in [0.15, 0.2) is 0 Å². The Bertz CT molecular complexity index is 300. The van der Waals surface area contributed by atoms with Crippen LogP contribution in [0.3, 0.4) is 0 Å². The molecule has 0 aromatic heterocycles. The Kier molecular flexibility index (Phi) is 3.99. The van der Waals surface area contributed by atoms with Crippen LogP contribution in [0.4, 0.5) is 0 Å². The van der Waals surface area contributed by atoms with E-state index < -0.39 is 0 Å². The molecule has 2 aliphatic rings. The van der Waals surface area contributed by atoms with E-state index in [1.54, 1.807) is 0 Å². The summed E-state index contributed by atoms with van der Waals surface area (Å²) in [5, 5.41) is 2.81. The van der Waals surface area contributed by atoms with Gasteiger partial charge in [-0.05, 0) is 12.8 Å². The van der Waals surface area contributed by atoms with Crippen LogP contribution in [0.5, 0.6) is 0 Å². The van der Waals surface area contributed by atoms with Crippen molar-refractivity contribution in [3.05, 3.63) is 0 Å². The van der Waals surface area contributed by atoms with Crippen molar-refractivity contribution in [1.82, 2.24) is 10.2 Å². The summed E-state index contributed by atoms with van der Waals surface area (Å²) < 4.78 is 5.32. The molecule has 2 saturated heterocycles. The second-order valence-corrected chi connectivity index (χ2v) is 4.71. The number of carbonyl (C=O) groups excluding carboxylic acids is 2. The number of hydrogen-bond donors (Lipinski definition) is 1. The second kappa shape index (κ2) is 5.49. The first-order valence-corrected chi connectivity index (χ1v) is 6.40. The third-order valence-electron chi connectivity index (χ3n) is 3.42. The molecule has 0 aromatic carbocycles. The van der Waals surface area contributed by atoms with Gasteiger partial charge >= 0.3 is 0 Å². The minimum atomic E-state index is -0.337. The van der Waals surface area contributed by atoms with Crippen LogP contribution in [-0.2, 0) is 14.3 Å². The van der Waals surface area contributed by atoms with Gasteiger partial charge in [0.2, 0.25) is 11.8 Å². The van der Waals surface area contributed by atoms with Crippen LogP contribution in [0.25, 0.3) is 0 Å². The average Bonchev–Trinajstić information content (AvgIpc) is 2.78. The van der Waals surface area contributed by atoms with Crippen LogP contribution in [0.1, 0.15) is 32.6 Å². The highest BCUT2D eigenvalue weighted by atomic mass is 16.5. The predicted octanol–water partition coefficient (Wildman–Crippen LogP) is 0.293. The molecule has 2 rings (SSSR count). The van der Waals surface area contributed by atoms with Gasteiger partial charge in [0.1, 0.15) is 6.04 Å². The minimum absolute atomic E-state index is 0.0155. The fourth-order valence-corrected chi connectivity index (χ4v) is 2.48. The van der Waals surface area contributed by atoms with Gasteiger partial charge in [0, 0.05) is 19.6 Å². The molecular weight excluding hydrogens is 220 g/mol. The van der Waals surface area contributed by atoms with E-state index in [-0.39, 0.29) is 23.9 Å². The van der Waals surface area contributed by atoms with E-state index in [1.807, 2.05) is 11.8 Å². The maximum atomic E-state index is 12.3. The third-order valence-corrected chi connectivity index (χ3v) is 3.42. The highest BCUT2D eigenvalue weighted by molar-refractivity contribution is 5.90. The number of carbonyl (C=O) groups is 2. The molecule has 2 fully saturated rings. The molecule has 1 N–H and O–H groups in total. The van der Waals surface area contributed by atoms with Crippen molar-refractivity contribution in [3.63, 3.8) is 0 Å². The van der Waals surface area contributed by atoms with E-state index in [0.29, 0.717) is 32.6 Å². The van der Waals surface area contributed by atoms with E-state index in [4.69, 9.17) is 4.74 Å². The largest absolute Gasteiger partial charge is 0.379 e. The number of rotatable bonds is 3. The van der Waals surface area contributed by atoms with E-state index in [2.05, 4.69) is 5.32 Å². The van der Waals surface area contributed by atoms with E-state index >= 15 is 0 Å². The standard InChI is InChI=1S/C12H20N2O3/c1-2-3-10-12(16)14(6-4-11(15)13-10)9-5-7-17-8-9/h9-10H,2-8H2,1H3,(H,13,15). The van der Waals surface area contributed by atoms with Crippen molar-refractivity contribution in [3.8, 4) is 0 Å². The maximum absolute atomic E-state index is 12.3. The zero-order chi connectivity index (χ0) is 12.3. The first kappa shape index (κ1) is 12.4. The monoisotopic (exact) mass is 240 g/mol. The van der Waals surface area contributed by atoms with E-state index in [0.717, 1.165) is 12.8 Å². The molecule has 5 heteroatoms. The lowest BCUT2D eigenvalue weighted by molar-refractivity contribution is -0.135. The van der Waals surface area contributed by atoms with Crippen molar-refractivity contribution < 1.29 is 14.3 Å². The molecule has 0 aliphatic carbocycles. The summed E-state index contributed by atoms with van der Waals surface area (Å²) in [4.78, 5) is 25.7. The molecule has 0 radical (unpaired) electrons. The predicted molar refractivity (Wildman–Crippen MR) is 62.4 cm³/mol. The Balaban J connectivity index is 2.08. The van der Waals surface area contributed by atoms with Gasteiger partial charge in [0.05, 0.1) is 12.6 Å². The van der Waals surface area contributed by atoms with Gasteiger partial charge in [-0.2, -0.15) is 0 Å². The summed E-state index contributed by atoms with van der Waals surface area (Å²) in [6.07, 6.45) is 2.90. The molecule has 2 heterocycles. The van der Waals surface area contributed by atoms with Gasteiger partial charge in [0.15, 0.2) is 0 Å². The summed E-state index contributed by atoms with van der Waals surface area (Å²) in [6, 6.07) is -0.176. The van der Waals surface area contributed by atoms with Crippen molar-refractivity contribution in [2.75, 3.05) is 19.8 Å². The van der Waals surface area contributed by atoms with Gasteiger partial charge in [-0.3, -0.25) is 9.59 Å². The zero-order valence-corrected chi connectivity index (χ0v) is 10.3. The topological polar surface area (TPSA) is 58.6 Å². The fourth-order valence-electron chi connectivity index (χ4n) is 2.48. The molecule has 96 valence electrons. The van der Waals surface area contributed by atoms with Crippen LogP contribution in [0.2, 0.25) is 0 Å². The molecule has 5 nitrogen and oxygen atoms in total. The Morgan fingerprint density at radius 1 is 1.47 bits per heavy atom. The van der Waals surface area contributed by atoms with Crippen LogP contribution in [-0.4, -0.2) is 48.6 Å². The Morgan fingerprint density at radius 2 is 2.29 bits per heavy atom. The third kappa shape index (κ3) is 2.77. The number of nitrogens with zero attached hydrogens (tertiary/aromatic N) is 1. The SMILES string of the molecule is CCCC1NC(=O)CCN(C2CCOC2)C1=O. The summed E-state index contributed by atoms with van der Waals surface area (Å²) in [5.74, 6) is 0.0476. The molecule has 2 unspecified atom stereocenters. The molecule has 2 amide bonds. The highest BCUT2D eigenvalue weighted by Crippen LogP contribution is 2.17. The zero-order valence-electron chi connectivity index (χ0n) is 10.3. The normalized spacial score (nSPS) is 30.3. The van der Waals surface area contributed by atoms with Gasteiger partial charge in [0.25, 0.3) is 0 Å². The van der Waals surface area contributed by atoms with Crippen LogP contribution in [0, 0.1) is 0 Å². The summed E-state index contributed by atoms with van der Waals surface area (Å²) >= 11 is 0. The summed E-state index contributed by atoms with van der Waals surface area (Å²) in [6.45, 7) is 3.87. The molecule has 2 atom stereocenters. The first-order valence-electron chi connectivity index (χ1n) is 6.40. The molecule has 2 aliphatic heterocycles. The lowest BCUT2D eigenvalue weighted by Gasteiger charge is -2.28. The second-order valence-electron chi connectivity index (χ2n) is 4.71. The summed E-state index contributed by atoms with van der Waals surface area (Å²) in [7, 11) is 0. The van der Waals surface area contributed by atoms with Crippen molar-refractivity contribution in [2.45, 2.75) is 44.7 Å². The van der Waals surface area contributed by atoms with E-state index in [9.17, 15) is 9.59 Å². The lowest BCUT2D eigenvalue weighted by Crippen LogP contribution is -2.48. The number of ether oxygens (including phenoxy) is 1. The number of nitrogens with one attached hydrogen (secondary N) is 1. The maximum Gasteiger partial charge on any atom is 0.245 e. The van der Waals surface area contributed by atoms with Crippen molar-refractivity contribution in [2.24, 2.45) is 0 Å². The van der Waals surface area contributed by atoms with Crippen molar-refractivity contribution in [1.29, 1.82) is 0 Å². The molecule has 0 bridgehead atoms. The molecule has 0 aromatic rings. The first-order chi connectivity index (χ1) is 8.22. The Morgan fingerprint density at radius 3 is 2.94 bits per heavy atom. The van der Waals surface area contributed by atoms with Crippen LogP contribution >= 0.6 is 0 Å². The molecule has 0 saturated carbocycles. The molecule has 17 heavy (non-hydrogen) atoms. The van der Waals surface area contributed by atoms with Gasteiger partial charge in [-0.15, -0.1) is 0 Å². The number of hydrogen-bond acceptors (Lipinski definition) is 3. The van der Waals surface area contributed by atoms with E-state index in [1.165, 1.54) is 0 Å². The fraction of sp³-hybridized carbons (Fsp3) is 0.833. The molecular formula is C12H20N2O3. The molecule has 0 spiro atoms. The Hall–Kier alpha value is -1.10. The smallest absolute Gasteiger partial charge is 0.245 e. The Labute approximate surface area is 101 Å². The van der Waals surface area contributed by atoms with Gasteiger partial charge in [-0.1, -0.05) is 13.3 Å². The van der Waals surface area contributed by atoms with Gasteiger partial charge < -0.3 is 15.0 Å². The lowest BCUT2D eigenvalue weighted by atomic mass is 10.1. The van der Waals surface area contributed by atoms with Crippen molar-refractivity contribution >= 4 is 11.8 Å². The quantitative estimate of drug-likeness (QED) is 0.771. The minimum Gasteiger partial charge on any atom is -0.379 e. The van der Waals surface area contributed by atoms with Crippen LogP contribution < -0.4 is 5.32 Å². The number of amides is 2. The summed E-state index contributed by atoms with van der Waals surface area (Å²) in [5.41, 5.74) is 0.